The fourth-order valence-electron chi connectivity index (χ4n) is 5.30. The average molecular weight is 580 g/mol. The lowest BCUT2D eigenvalue weighted by Crippen LogP contribution is -2.47. The van der Waals surface area contributed by atoms with Gasteiger partial charge in [0.15, 0.2) is 15.6 Å². The molecule has 2 aliphatic rings. The van der Waals surface area contributed by atoms with Crippen LogP contribution in [0.4, 0.5) is 17.1 Å². The van der Waals surface area contributed by atoms with Crippen molar-refractivity contribution in [2.45, 2.75) is 13.8 Å². The number of para-hydroxylation sites is 1. The van der Waals surface area contributed by atoms with Crippen LogP contribution in [0.2, 0.25) is 0 Å². The molecule has 41 heavy (non-hydrogen) atoms. The summed E-state index contributed by atoms with van der Waals surface area (Å²) in [6.07, 6.45) is 0. The summed E-state index contributed by atoms with van der Waals surface area (Å²) >= 11 is 0. The topological polar surface area (TPSA) is 115 Å². The van der Waals surface area contributed by atoms with Gasteiger partial charge in [-0.25, -0.2) is 8.42 Å². The van der Waals surface area contributed by atoms with Gasteiger partial charge in [0.05, 0.1) is 22.9 Å². The minimum absolute atomic E-state index is 0.153. The summed E-state index contributed by atoms with van der Waals surface area (Å²) < 4.78 is 28.8. The van der Waals surface area contributed by atoms with Gasteiger partial charge in [0, 0.05) is 63.6 Å². The molecular weight excluding hydrogens is 542 g/mol. The van der Waals surface area contributed by atoms with Crippen LogP contribution in [0, 0.1) is 13.8 Å². The number of sulfone groups is 1. The first-order chi connectivity index (χ1) is 19.7. The Morgan fingerprint density at radius 2 is 1.51 bits per heavy atom. The standard InChI is InChI=1S/C30H37N5O5S/c1-22-5-3-4-6-26(22)34-13-15-35(16-14-34)27-9-8-24(21-25(27)32-30(37)28-10-7-23(2)40-28)29(36)31-11-12-33-17-19-41(38,39)20-18-33/h3-10,21H,11-20H2,1-2H3,(H,31,36)(H,32,37). The number of hydrogen-bond donors (Lipinski definition) is 2. The quantitative estimate of drug-likeness (QED) is 0.419. The van der Waals surface area contributed by atoms with E-state index in [1.807, 2.05) is 17.0 Å². The Labute approximate surface area is 241 Å². The van der Waals surface area contributed by atoms with Crippen molar-refractivity contribution in [1.29, 1.82) is 0 Å². The lowest BCUT2D eigenvalue weighted by atomic mass is 10.1. The van der Waals surface area contributed by atoms with E-state index in [4.69, 9.17) is 4.42 Å². The molecule has 2 saturated heterocycles. The Bertz CT molecular complexity index is 1500. The van der Waals surface area contributed by atoms with Gasteiger partial charge in [-0.1, -0.05) is 18.2 Å². The molecule has 5 rings (SSSR count). The normalized spacial score (nSPS) is 17.3. The zero-order valence-electron chi connectivity index (χ0n) is 23.6. The first-order valence-electron chi connectivity index (χ1n) is 14.0. The molecular formula is C30H37N5O5S. The van der Waals surface area contributed by atoms with Crippen LogP contribution in [0.25, 0.3) is 0 Å². The number of nitrogens with one attached hydrogen (secondary N) is 2. The summed E-state index contributed by atoms with van der Waals surface area (Å²) in [4.78, 5) is 32.7. The van der Waals surface area contributed by atoms with Crippen molar-refractivity contribution in [3.8, 4) is 0 Å². The molecule has 2 amide bonds. The predicted molar refractivity (Wildman–Crippen MR) is 161 cm³/mol. The van der Waals surface area contributed by atoms with Crippen LogP contribution >= 0.6 is 0 Å². The molecule has 0 bridgehead atoms. The second-order valence-electron chi connectivity index (χ2n) is 10.6. The summed E-state index contributed by atoms with van der Waals surface area (Å²) in [5.41, 5.74) is 4.29. The van der Waals surface area contributed by atoms with Crippen LogP contribution in [0.1, 0.15) is 32.2 Å². The molecule has 2 aromatic carbocycles. The van der Waals surface area contributed by atoms with Crippen molar-refractivity contribution in [3.63, 3.8) is 0 Å². The molecule has 0 radical (unpaired) electrons. The molecule has 0 saturated carbocycles. The van der Waals surface area contributed by atoms with Gasteiger partial charge in [-0.05, 0) is 55.8 Å². The predicted octanol–water partition coefficient (Wildman–Crippen LogP) is 2.94. The lowest BCUT2D eigenvalue weighted by Gasteiger charge is -2.38. The SMILES string of the molecule is Cc1ccc(C(=O)Nc2cc(C(=O)NCCN3CCS(=O)(=O)CC3)ccc2N2CCN(c3ccccc3C)CC2)o1. The number of anilines is 3. The van der Waals surface area contributed by atoms with Crippen molar-refractivity contribution in [1.82, 2.24) is 10.2 Å². The number of amides is 2. The molecule has 10 nitrogen and oxygen atoms in total. The monoisotopic (exact) mass is 579 g/mol. The third-order valence-corrected chi connectivity index (χ3v) is 9.31. The molecule has 1 aromatic heterocycles. The Balaban J connectivity index is 1.28. The number of furan rings is 1. The highest BCUT2D eigenvalue weighted by atomic mass is 32.2. The van der Waals surface area contributed by atoms with E-state index in [1.54, 1.807) is 31.2 Å². The maximum Gasteiger partial charge on any atom is 0.291 e. The second-order valence-corrected chi connectivity index (χ2v) is 12.9. The molecule has 2 N–H and O–H groups in total. The molecule has 3 aromatic rings. The summed E-state index contributed by atoms with van der Waals surface area (Å²) in [5.74, 6) is 0.517. The Morgan fingerprint density at radius 1 is 0.829 bits per heavy atom. The van der Waals surface area contributed by atoms with Crippen LogP contribution in [-0.4, -0.2) is 89.0 Å². The van der Waals surface area contributed by atoms with E-state index >= 15 is 0 Å². The number of aryl methyl sites for hydroxylation is 2. The maximum atomic E-state index is 13.0. The van der Waals surface area contributed by atoms with Gasteiger partial charge in [-0.3, -0.25) is 14.5 Å². The number of piperazine rings is 1. The number of rotatable bonds is 8. The highest BCUT2D eigenvalue weighted by Crippen LogP contribution is 2.30. The molecule has 218 valence electrons. The van der Waals surface area contributed by atoms with Crippen LogP contribution in [0.15, 0.2) is 59.0 Å². The summed E-state index contributed by atoms with van der Waals surface area (Å²) in [6, 6.07) is 17.1. The van der Waals surface area contributed by atoms with Gasteiger partial charge in [0.2, 0.25) is 0 Å². The molecule has 3 heterocycles. The highest BCUT2D eigenvalue weighted by molar-refractivity contribution is 7.91. The first kappa shape index (κ1) is 28.7. The smallest absolute Gasteiger partial charge is 0.291 e. The molecule has 2 fully saturated rings. The van der Waals surface area contributed by atoms with Gasteiger partial charge in [-0.2, -0.15) is 0 Å². The number of nitrogens with zero attached hydrogens (tertiary/aromatic N) is 3. The lowest BCUT2D eigenvalue weighted by molar-refractivity contribution is 0.0946. The van der Waals surface area contributed by atoms with Crippen LogP contribution in [0.5, 0.6) is 0 Å². The highest BCUT2D eigenvalue weighted by Gasteiger charge is 2.24. The molecule has 0 atom stereocenters. The summed E-state index contributed by atoms with van der Waals surface area (Å²) in [7, 11) is -2.94. The van der Waals surface area contributed by atoms with Crippen LogP contribution in [0.3, 0.4) is 0 Å². The van der Waals surface area contributed by atoms with Crippen molar-refractivity contribution in [3.05, 3.63) is 77.2 Å². The van der Waals surface area contributed by atoms with Gasteiger partial charge in [0.25, 0.3) is 11.8 Å². The Morgan fingerprint density at radius 3 is 2.17 bits per heavy atom. The minimum atomic E-state index is -2.94. The first-order valence-corrected chi connectivity index (χ1v) is 15.8. The third kappa shape index (κ3) is 7.09. The summed E-state index contributed by atoms with van der Waals surface area (Å²) in [6.45, 7) is 9.00. The number of hydrogen-bond acceptors (Lipinski definition) is 8. The van der Waals surface area contributed by atoms with E-state index in [0.717, 1.165) is 31.9 Å². The Kier molecular flexibility index (Phi) is 8.65. The van der Waals surface area contributed by atoms with Crippen LogP contribution in [-0.2, 0) is 9.84 Å². The van der Waals surface area contributed by atoms with Crippen LogP contribution < -0.4 is 20.4 Å². The van der Waals surface area contributed by atoms with E-state index in [9.17, 15) is 18.0 Å². The van der Waals surface area contributed by atoms with E-state index < -0.39 is 9.84 Å². The number of carbonyl (C=O) groups excluding carboxylic acids is 2. The molecule has 0 unspecified atom stereocenters. The largest absolute Gasteiger partial charge is 0.456 e. The van der Waals surface area contributed by atoms with Crippen molar-refractivity contribution in [2.24, 2.45) is 0 Å². The molecule has 2 aliphatic heterocycles. The van der Waals surface area contributed by atoms with Gasteiger partial charge in [-0.15, -0.1) is 0 Å². The van der Waals surface area contributed by atoms with E-state index in [1.165, 1.54) is 11.3 Å². The number of carbonyl (C=O) groups is 2. The van der Waals surface area contributed by atoms with E-state index in [-0.39, 0.29) is 29.1 Å². The molecule has 0 aliphatic carbocycles. The summed E-state index contributed by atoms with van der Waals surface area (Å²) in [5, 5.41) is 5.90. The third-order valence-electron chi connectivity index (χ3n) is 7.70. The van der Waals surface area contributed by atoms with E-state index in [2.05, 4.69) is 45.6 Å². The van der Waals surface area contributed by atoms with Gasteiger partial charge < -0.3 is 24.9 Å². The van der Waals surface area contributed by atoms with Gasteiger partial charge in [0.1, 0.15) is 5.76 Å². The Hall–Kier alpha value is -3.83. The van der Waals surface area contributed by atoms with Crippen molar-refractivity contribution >= 4 is 38.7 Å². The van der Waals surface area contributed by atoms with Crippen molar-refractivity contribution in [2.75, 3.05) is 79.0 Å². The maximum absolute atomic E-state index is 13.0. The zero-order chi connectivity index (χ0) is 29.0. The molecule has 11 heteroatoms. The molecule has 0 spiro atoms. The fraction of sp³-hybridized carbons (Fsp3) is 0.400. The number of benzene rings is 2. The average Bonchev–Trinajstić information content (AvgIpc) is 3.41. The minimum Gasteiger partial charge on any atom is -0.456 e. The second kappa shape index (κ2) is 12.4. The fourth-order valence-corrected chi connectivity index (χ4v) is 6.58. The van der Waals surface area contributed by atoms with Crippen molar-refractivity contribution < 1.29 is 22.4 Å². The van der Waals surface area contributed by atoms with Gasteiger partial charge >= 0.3 is 0 Å². The zero-order valence-corrected chi connectivity index (χ0v) is 24.4. The van der Waals surface area contributed by atoms with E-state index in [0.29, 0.717) is 43.2 Å².